The molecule has 0 unspecified atom stereocenters. The first-order valence-electron chi connectivity index (χ1n) is 3.34. The Morgan fingerprint density at radius 2 is 2.18 bits per heavy atom. The Morgan fingerprint density at radius 1 is 1.55 bits per heavy atom. The van der Waals surface area contributed by atoms with Crippen molar-refractivity contribution < 1.29 is 4.57 Å². The number of nitrogens with zero attached hydrogens (tertiary/aromatic N) is 2. The molecule has 11 heavy (non-hydrogen) atoms. The van der Waals surface area contributed by atoms with Crippen molar-refractivity contribution in [2.24, 2.45) is 0 Å². The molecular formula is C8H10N3+. The molecule has 1 aromatic rings. The largest absolute Gasteiger partial charge is 0.464 e. The molecule has 0 saturated carbocycles. The predicted octanol–water partition coefficient (Wildman–Crippen LogP) is 0.502. The number of anilines is 1. The molecular weight excluding hydrogens is 138 g/mol. The number of hydrogen-bond acceptors (Lipinski definition) is 2. The maximum Gasteiger partial charge on any atom is 0.464 e. The van der Waals surface area contributed by atoms with Crippen LogP contribution in [0, 0.1) is 25.3 Å². The van der Waals surface area contributed by atoms with Crippen LogP contribution in [0.5, 0.6) is 0 Å². The van der Waals surface area contributed by atoms with Gasteiger partial charge in [0.1, 0.15) is 11.9 Å². The zero-order valence-electron chi connectivity index (χ0n) is 6.63. The molecule has 0 radical (unpaired) electrons. The lowest BCUT2D eigenvalue weighted by Crippen LogP contribution is -2.32. The van der Waals surface area contributed by atoms with E-state index in [1.165, 1.54) is 4.57 Å². The fraction of sp³-hybridized carbons (Fsp3) is 0.250. The fourth-order valence-corrected chi connectivity index (χ4v) is 0.890. The van der Waals surface area contributed by atoms with Crippen LogP contribution in [0.3, 0.4) is 0 Å². The zero-order chi connectivity index (χ0) is 8.43. The molecule has 0 aromatic carbocycles. The normalized spacial score (nSPS) is 9.18. The van der Waals surface area contributed by atoms with E-state index < -0.39 is 0 Å². The average molecular weight is 148 g/mol. The van der Waals surface area contributed by atoms with Crippen molar-refractivity contribution in [2.45, 2.75) is 13.8 Å². The molecule has 1 heterocycles. The Hall–Kier alpha value is -1.56. The van der Waals surface area contributed by atoms with Gasteiger partial charge in [-0.25, -0.2) is 0 Å². The lowest BCUT2D eigenvalue weighted by molar-refractivity contribution is -0.593. The third kappa shape index (κ3) is 1.15. The Balaban J connectivity index is 3.40. The molecule has 0 saturated heterocycles. The maximum absolute atomic E-state index is 8.61. The summed E-state index contributed by atoms with van der Waals surface area (Å²) >= 11 is 0. The van der Waals surface area contributed by atoms with Crippen LogP contribution >= 0.6 is 0 Å². The van der Waals surface area contributed by atoms with Crippen molar-refractivity contribution in [3.05, 3.63) is 23.5 Å². The second kappa shape index (κ2) is 2.59. The summed E-state index contributed by atoms with van der Waals surface area (Å²) in [4.78, 5) is 0. The second-order valence-corrected chi connectivity index (χ2v) is 2.45. The van der Waals surface area contributed by atoms with E-state index in [-0.39, 0.29) is 0 Å². The van der Waals surface area contributed by atoms with Crippen LogP contribution in [0.2, 0.25) is 0 Å². The van der Waals surface area contributed by atoms with Gasteiger partial charge in [0.25, 0.3) is 0 Å². The zero-order valence-corrected chi connectivity index (χ0v) is 6.63. The predicted molar refractivity (Wildman–Crippen MR) is 41.5 cm³/mol. The molecule has 56 valence electrons. The SMILES string of the molecule is Cc1c(N)cc[n+](C#N)c1C. The van der Waals surface area contributed by atoms with Crippen LogP contribution in [0.4, 0.5) is 5.69 Å². The van der Waals surface area contributed by atoms with Crippen molar-refractivity contribution >= 4 is 5.69 Å². The number of aromatic nitrogens is 1. The molecule has 3 nitrogen and oxygen atoms in total. The van der Waals surface area contributed by atoms with Gasteiger partial charge in [-0.3, -0.25) is 0 Å². The van der Waals surface area contributed by atoms with Gasteiger partial charge in [-0.1, -0.05) is 0 Å². The van der Waals surface area contributed by atoms with Crippen molar-refractivity contribution in [1.82, 2.24) is 0 Å². The van der Waals surface area contributed by atoms with Crippen LogP contribution in [-0.2, 0) is 0 Å². The Bertz CT molecular complexity index is 323. The number of pyridine rings is 1. The highest BCUT2D eigenvalue weighted by Crippen LogP contribution is 2.09. The van der Waals surface area contributed by atoms with Gasteiger partial charge in [0.2, 0.25) is 0 Å². The molecule has 0 spiro atoms. The van der Waals surface area contributed by atoms with Crippen molar-refractivity contribution in [2.75, 3.05) is 5.73 Å². The van der Waals surface area contributed by atoms with E-state index in [1.807, 2.05) is 20.0 Å². The van der Waals surface area contributed by atoms with Crippen LogP contribution in [0.1, 0.15) is 11.3 Å². The van der Waals surface area contributed by atoms with Gasteiger partial charge in [-0.15, -0.1) is 4.57 Å². The summed E-state index contributed by atoms with van der Waals surface area (Å²) in [5.41, 5.74) is 8.21. The third-order valence-corrected chi connectivity index (χ3v) is 1.85. The topological polar surface area (TPSA) is 53.7 Å². The summed E-state index contributed by atoms with van der Waals surface area (Å²) in [6, 6.07) is 1.73. The summed E-state index contributed by atoms with van der Waals surface area (Å²) in [7, 11) is 0. The van der Waals surface area contributed by atoms with Crippen LogP contribution < -0.4 is 10.3 Å². The van der Waals surface area contributed by atoms with Crippen molar-refractivity contribution in [1.29, 1.82) is 5.26 Å². The first-order valence-corrected chi connectivity index (χ1v) is 3.34. The van der Waals surface area contributed by atoms with E-state index in [0.717, 1.165) is 16.9 Å². The standard InChI is InChI=1S/C8H9N3/c1-6-7(2)11(5-9)4-3-8(6)10/h3-4,10H,1-2H3/p+1. The van der Waals surface area contributed by atoms with Crippen LogP contribution in [0.15, 0.2) is 12.3 Å². The van der Waals surface area contributed by atoms with E-state index >= 15 is 0 Å². The number of hydrogen-bond donors (Lipinski definition) is 1. The summed E-state index contributed by atoms with van der Waals surface area (Å²) < 4.78 is 1.49. The molecule has 0 amide bonds. The van der Waals surface area contributed by atoms with Gasteiger partial charge >= 0.3 is 6.19 Å². The van der Waals surface area contributed by atoms with E-state index in [1.54, 1.807) is 12.3 Å². The molecule has 1 rings (SSSR count). The van der Waals surface area contributed by atoms with Gasteiger partial charge in [0.05, 0.1) is 0 Å². The molecule has 0 aliphatic carbocycles. The summed E-state index contributed by atoms with van der Waals surface area (Å²) in [6.45, 7) is 3.77. The Morgan fingerprint density at radius 3 is 2.73 bits per heavy atom. The van der Waals surface area contributed by atoms with Gasteiger partial charge < -0.3 is 5.73 Å². The van der Waals surface area contributed by atoms with Crippen LogP contribution in [-0.4, -0.2) is 0 Å². The van der Waals surface area contributed by atoms with Gasteiger partial charge in [0.15, 0.2) is 5.26 Å². The monoisotopic (exact) mass is 148 g/mol. The number of nitrogens with two attached hydrogens (primary N) is 1. The molecule has 0 atom stereocenters. The van der Waals surface area contributed by atoms with Gasteiger partial charge in [-0.05, 0) is 13.8 Å². The van der Waals surface area contributed by atoms with Gasteiger partial charge in [0, 0.05) is 17.3 Å². The van der Waals surface area contributed by atoms with Crippen molar-refractivity contribution in [3.8, 4) is 6.19 Å². The Labute approximate surface area is 65.7 Å². The van der Waals surface area contributed by atoms with Crippen LogP contribution in [0.25, 0.3) is 0 Å². The van der Waals surface area contributed by atoms with Gasteiger partial charge in [-0.2, -0.15) is 0 Å². The summed E-state index contributed by atoms with van der Waals surface area (Å²) in [5, 5.41) is 8.61. The molecule has 3 heteroatoms. The average Bonchev–Trinajstić information content (AvgIpc) is 2.01. The second-order valence-electron chi connectivity index (χ2n) is 2.45. The molecule has 2 N–H and O–H groups in total. The first-order chi connectivity index (χ1) is 5.16. The summed E-state index contributed by atoms with van der Waals surface area (Å²) in [5.74, 6) is 0. The van der Waals surface area contributed by atoms with E-state index in [4.69, 9.17) is 11.0 Å². The first kappa shape index (κ1) is 7.55. The van der Waals surface area contributed by atoms with E-state index in [2.05, 4.69) is 0 Å². The number of nitriles is 1. The third-order valence-electron chi connectivity index (χ3n) is 1.85. The maximum atomic E-state index is 8.61. The highest BCUT2D eigenvalue weighted by atomic mass is 14.9. The Kier molecular flexibility index (Phi) is 1.77. The summed E-state index contributed by atoms with van der Waals surface area (Å²) in [6.07, 6.45) is 3.69. The minimum Gasteiger partial charge on any atom is -0.398 e. The lowest BCUT2D eigenvalue weighted by Gasteiger charge is -2.00. The minimum absolute atomic E-state index is 0.731. The lowest BCUT2D eigenvalue weighted by atomic mass is 10.2. The highest BCUT2D eigenvalue weighted by Gasteiger charge is 2.06. The van der Waals surface area contributed by atoms with E-state index in [9.17, 15) is 0 Å². The van der Waals surface area contributed by atoms with Crippen molar-refractivity contribution in [3.63, 3.8) is 0 Å². The number of rotatable bonds is 0. The molecule has 0 fully saturated rings. The quantitative estimate of drug-likeness (QED) is 0.545. The van der Waals surface area contributed by atoms with E-state index in [0.29, 0.717) is 0 Å². The molecule has 0 aliphatic heterocycles. The molecule has 1 aromatic heterocycles. The highest BCUT2D eigenvalue weighted by molar-refractivity contribution is 5.44. The molecule has 0 aliphatic rings. The molecule has 0 bridgehead atoms. The fourth-order valence-electron chi connectivity index (χ4n) is 0.890. The smallest absolute Gasteiger partial charge is 0.398 e. The number of nitrogen functional groups attached to an aromatic ring is 1. The minimum atomic E-state index is 0.731.